The number of benzene rings is 1. The Balaban J connectivity index is 1.94. The van der Waals surface area contributed by atoms with E-state index in [0.29, 0.717) is 19.0 Å². The predicted molar refractivity (Wildman–Crippen MR) is 88.5 cm³/mol. The quantitative estimate of drug-likeness (QED) is 0.844. The maximum absolute atomic E-state index is 12.2. The molecule has 116 valence electrons. The van der Waals surface area contributed by atoms with Gasteiger partial charge in [-0.05, 0) is 32.0 Å². The van der Waals surface area contributed by atoms with Crippen LogP contribution in [0.1, 0.15) is 13.8 Å². The van der Waals surface area contributed by atoms with Crippen LogP contribution < -0.4 is 10.1 Å². The number of halogens is 1. The summed E-state index contributed by atoms with van der Waals surface area (Å²) in [6, 6.07) is 5.84. The zero-order valence-corrected chi connectivity index (χ0v) is 13.9. The van der Waals surface area contributed by atoms with Crippen molar-refractivity contribution in [3.05, 3.63) is 40.6 Å². The van der Waals surface area contributed by atoms with Gasteiger partial charge in [0.1, 0.15) is 11.1 Å². The summed E-state index contributed by atoms with van der Waals surface area (Å²) in [6.45, 7) is 4.84. The maximum atomic E-state index is 12.2. The van der Waals surface area contributed by atoms with Gasteiger partial charge in [-0.25, -0.2) is 0 Å². The summed E-state index contributed by atoms with van der Waals surface area (Å²) >= 11 is 7.82. The van der Waals surface area contributed by atoms with E-state index < -0.39 is 5.38 Å². The molecule has 0 bridgehead atoms. The van der Waals surface area contributed by atoms with Crippen molar-refractivity contribution in [3.8, 4) is 5.75 Å². The average Bonchev–Trinajstić information content (AvgIpc) is 2.52. The van der Waals surface area contributed by atoms with Crippen LogP contribution in [0.3, 0.4) is 0 Å². The number of carbonyl (C=O) groups is 1. The predicted octanol–water partition coefficient (Wildman–Crippen LogP) is 3.93. The van der Waals surface area contributed by atoms with Gasteiger partial charge >= 0.3 is 0 Å². The molecular formula is C16H16ClNO3S. The van der Waals surface area contributed by atoms with Crippen molar-refractivity contribution < 1.29 is 14.3 Å². The van der Waals surface area contributed by atoms with Crippen molar-refractivity contribution in [2.24, 2.45) is 0 Å². The number of Topliss-reactive ketones (excluding diaryl/α,β-unsaturated/α-hetero) is 1. The minimum absolute atomic E-state index is 0.194. The van der Waals surface area contributed by atoms with E-state index in [1.54, 1.807) is 6.08 Å². The highest BCUT2D eigenvalue weighted by atomic mass is 35.5. The lowest BCUT2D eigenvalue weighted by Crippen LogP contribution is -2.27. The number of fused-ring (bicyclic) bond motifs is 1. The third-order valence-corrected chi connectivity index (χ3v) is 5.08. The van der Waals surface area contributed by atoms with Crippen LogP contribution in [0.2, 0.25) is 0 Å². The topological polar surface area (TPSA) is 47.6 Å². The molecule has 1 N–H and O–H groups in total. The van der Waals surface area contributed by atoms with Crippen molar-refractivity contribution in [1.29, 1.82) is 0 Å². The van der Waals surface area contributed by atoms with Crippen LogP contribution in [-0.2, 0) is 9.53 Å². The summed E-state index contributed by atoms with van der Waals surface area (Å²) < 4.78 is 10.9. The van der Waals surface area contributed by atoms with Gasteiger partial charge in [-0.1, -0.05) is 11.8 Å². The molecule has 0 fully saturated rings. The Labute approximate surface area is 138 Å². The summed E-state index contributed by atoms with van der Waals surface area (Å²) in [7, 11) is 0. The summed E-state index contributed by atoms with van der Waals surface area (Å²) in [4.78, 5) is 14.0. The number of nitrogens with one attached hydrogen (secondary N) is 1. The second kappa shape index (κ2) is 6.26. The number of carbonyl (C=O) groups excluding carboxylic acids is 1. The number of ketones is 1. The Morgan fingerprint density at radius 1 is 1.27 bits per heavy atom. The molecule has 0 saturated carbocycles. The molecule has 22 heavy (non-hydrogen) atoms. The van der Waals surface area contributed by atoms with E-state index in [9.17, 15) is 4.79 Å². The molecule has 0 aromatic heterocycles. The Bertz CT molecular complexity index is 684. The number of thioether (sulfide) groups is 1. The van der Waals surface area contributed by atoms with Gasteiger partial charge < -0.3 is 14.8 Å². The van der Waals surface area contributed by atoms with E-state index in [-0.39, 0.29) is 5.78 Å². The number of ether oxygens (including phenoxy) is 2. The highest BCUT2D eigenvalue weighted by Gasteiger charge is 2.34. The lowest BCUT2D eigenvalue weighted by molar-refractivity contribution is -0.118. The third-order valence-electron chi connectivity index (χ3n) is 3.30. The zero-order valence-electron chi connectivity index (χ0n) is 12.3. The Hall–Kier alpha value is -1.59. The Morgan fingerprint density at radius 3 is 2.77 bits per heavy atom. The lowest BCUT2D eigenvalue weighted by atomic mass is 10.1. The van der Waals surface area contributed by atoms with E-state index in [0.717, 1.165) is 26.9 Å². The normalized spacial score (nSPS) is 19.9. The minimum atomic E-state index is -0.719. The molecule has 1 aliphatic carbocycles. The van der Waals surface area contributed by atoms with Gasteiger partial charge in [0, 0.05) is 15.9 Å². The van der Waals surface area contributed by atoms with Crippen LogP contribution in [0.5, 0.6) is 5.75 Å². The van der Waals surface area contributed by atoms with Gasteiger partial charge in [-0.15, -0.1) is 11.6 Å². The molecule has 1 atom stereocenters. The van der Waals surface area contributed by atoms with Crippen LogP contribution in [0.25, 0.3) is 0 Å². The molecule has 0 saturated heterocycles. The van der Waals surface area contributed by atoms with Crippen molar-refractivity contribution in [2.75, 3.05) is 18.5 Å². The number of allylic oxidation sites excluding steroid dienone is 3. The molecule has 6 heteroatoms. The summed E-state index contributed by atoms with van der Waals surface area (Å²) in [5, 5.41) is 2.60. The molecule has 1 aliphatic heterocycles. The molecule has 0 amide bonds. The number of rotatable bonds is 4. The first kappa shape index (κ1) is 15.3. The number of hydrogen-bond acceptors (Lipinski definition) is 5. The fourth-order valence-corrected chi connectivity index (χ4v) is 3.77. The highest BCUT2D eigenvalue weighted by Crippen LogP contribution is 2.46. The monoisotopic (exact) mass is 337 g/mol. The second-order valence-corrected chi connectivity index (χ2v) is 6.28. The molecule has 0 spiro atoms. The Morgan fingerprint density at radius 2 is 2.05 bits per heavy atom. The fraction of sp³-hybridized carbons (Fsp3) is 0.312. The fourth-order valence-electron chi connectivity index (χ4n) is 2.34. The maximum Gasteiger partial charge on any atom is 0.220 e. The SMILES string of the molecule is CCOC1=CC2=C(Sc3cc(OCC)ccc3N2)C(Cl)C1=O. The summed E-state index contributed by atoms with van der Waals surface area (Å²) in [6.07, 6.45) is 1.73. The number of hydrogen-bond donors (Lipinski definition) is 1. The molecule has 2 aliphatic rings. The van der Waals surface area contributed by atoms with Gasteiger partial charge in [-0.3, -0.25) is 4.79 Å². The summed E-state index contributed by atoms with van der Waals surface area (Å²) in [5.41, 5.74) is 1.79. The van der Waals surface area contributed by atoms with Gasteiger partial charge in [0.2, 0.25) is 5.78 Å². The largest absolute Gasteiger partial charge is 0.494 e. The highest BCUT2D eigenvalue weighted by molar-refractivity contribution is 8.03. The second-order valence-electron chi connectivity index (χ2n) is 4.76. The van der Waals surface area contributed by atoms with E-state index in [4.69, 9.17) is 21.1 Å². The number of alkyl halides is 1. The van der Waals surface area contributed by atoms with Crippen molar-refractivity contribution >= 4 is 34.8 Å². The molecule has 1 aromatic carbocycles. The lowest BCUT2D eigenvalue weighted by Gasteiger charge is -2.28. The molecular weight excluding hydrogens is 322 g/mol. The van der Waals surface area contributed by atoms with Crippen LogP contribution in [0, 0.1) is 0 Å². The molecule has 4 nitrogen and oxygen atoms in total. The van der Waals surface area contributed by atoms with E-state index in [1.165, 1.54) is 11.8 Å². The van der Waals surface area contributed by atoms with E-state index in [1.807, 2.05) is 32.0 Å². The first-order chi connectivity index (χ1) is 10.6. The number of anilines is 1. The standard InChI is InChI=1S/C16H16ClNO3S/c1-3-20-9-5-6-10-13(7-9)22-16-11(18-10)8-12(21-4-2)15(19)14(16)17/h5-8,14,18H,3-4H2,1-2H3. The van der Waals surface area contributed by atoms with Crippen LogP contribution in [0.4, 0.5) is 5.69 Å². The van der Waals surface area contributed by atoms with Gasteiger partial charge in [0.25, 0.3) is 0 Å². The van der Waals surface area contributed by atoms with Gasteiger partial charge in [0.05, 0.1) is 24.6 Å². The molecule has 1 aromatic rings. The van der Waals surface area contributed by atoms with Crippen molar-refractivity contribution in [3.63, 3.8) is 0 Å². The van der Waals surface area contributed by atoms with Crippen molar-refractivity contribution in [2.45, 2.75) is 24.1 Å². The van der Waals surface area contributed by atoms with E-state index in [2.05, 4.69) is 5.32 Å². The van der Waals surface area contributed by atoms with Gasteiger partial charge in [-0.2, -0.15) is 0 Å². The minimum Gasteiger partial charge on any atom is -0.494 e. The van der Waals surface area contributed by atoms with Gasteiger partial charge in [0.15, 0.2) is 5.76 Å². The molecule has 1 unspecified atom stereocenters. The average molecular weight is 338 g/mol. The summed E-state index contributed by atoms with van der Waals surface area (Å²) in [5.74, 6) is 0.920. The van der Waals surface area contributed by atoms with Crippen LogP contribution in [0.15, 0.2) is 45.5 Å². The Kier molecular flexibility index (Phi) is 4.36. The third kappa shape index (κ3) is 2.71. The first-order valence-corrected chi connectivity index (χ1v) is 8.38. The van der Waals surface area contributed by atoms with Crippen LogP contribution >= 0.6 is 23.4 Å². The van der Waals surface area contributed by atoms with Crippen molar-refractivity contribution in [1.82, 2.24) is 0 Å². The van der Waals surface area contributed by atoms with Crippen LogP contribution in [-0.4, -0.2) is 24.4 Å². The van der Waals surface area contributed by atoms with E-state index >= 15 is 0 Å². The zero-order chi connectivity index (χ0) is 15.7. The molecule has 1 heterocycles. The smallest absolute Gasteiger partial charge is 0.220 e. The first-order valence-electron chi connectivity index (χ1n) is 7.12. The molecule has 3 rings (SSSR count). The molecule has 0 radical (unpaired) electrons.